The van der Waals surface area contributed by atoms with Crippen molar-refractivity contribution in [2.75, 3.05) is 21.7 Å². The van der Waals surface area contributed by atoms with Crippen LogP contribution in [0.5, 0.6) is 0 Å². The average Bonchev–Trinajstić information content (AvgIpc) is 3.53. The maximum absolute atomic E-state index is 14.6. The lowest BCUT2D eigenvalue weighted by Gasteiger charge is -2.30. The van der Waals surface area contributed by atoms with E-state index in [2.05, 4.69) is 12.2 Å². The number of Topliss-reactive ketones (excluding diaryl/α,β-unsaturated/α-hetero) is 1. The fourth-order valence-corrected chi connectivity index (χ4v) is 9.41. The standard InChI is InChI=1S/C50H62ClN5O7S/c1-5-6-7-8-9-10-11-12-13-23-34-64(62,63)35-33-44(57)53(37-39-25-17-14-18-26-39)43-32-24-29-41(36-43)52-46(59)50(51,45(58)49(2,3)4)55-47(60)54(38-40-27-19-15-20-28-40)56(48(55)61)42-30-21-16-22-31-42/h14-22,24-32,36H,5-13,23,33-35,37-38H2,1-4H3,(H,52,59). The molecule has 5 rings (SSSR count). The van der Waals surface area contributed by atoms with E-state index in [1.807, 2.05) is 36.4 Å². The van der Waals surface area contributed by atoms with Gasteiger partial charge in [0, 0.05) is 23.2 Å². The highest BCUT2D eigenvalue weighted by molar-refractivity contribution is 7.91. The van der Waals surface area contributed by atoms with Gasteiger partial charge in [0.25, 0.3) is 10.9 Å². The minimum atomic E-state index is -3.51. The Morgan fingerprint density at radius 3 is 1.80 bits per heavy atom. The number of carbonyl (C=O) groups is 3. The van der Waals surface area contributed by atoms with Gasteiger partial charge in [0.05, 0.1) is 30.3 Å². The zero-order valence-electron chi connectivity index (χ0n) is 37.5. The molecule has 4 aromatic carbocycles. The number of alkyl halides is 1. The first-order valence-corrected chi connectivity index (χ1v) is 24.5. The van der Waals surface area contributed by atoms with Crippen molar-refractivity contribution in [3.8, 4) is 5.69 Å². The van der Waals surface area contributed by atoms with Crippen molar-refractivity contribution in [2.45, 2.75) is 116 Å². The number of ketones is 1. The monoisotopic (exact) mass is 911 g/mol. The molecule has 64 heavy (non-hydrogen) atoms. The second-order valence-corrected chi connectivity index (χ2v) is 20.2. The minimum absolute atomic E-state index is 0.0135. The predicted molar refractivity (Wildman–Crippen MR) is 256 cm³/mol. The summed E-state index contributed by atoms with van der Waals surface area (Å²) < 4.78 is 29.0. The zero-order valence-corrected chi connectivity index (χ0v) is 39.1. The molecule has 1 N–H and O–H groups in total. The fraction of sp³-hybridized carbons (Fsp3) is 0.420. The lowest BCUT2D eigenvalue weighted by Crippen LogP contribution is -2.58. The Hall–Kier alpha value is -5.53. The van der Waals surface area contributed by atoms with E-state index in [1.165, 1.54) is 69.9 Å². The van der Waals surface area contributed by atoms with Crippen LogP contribution < -0.4 is 21.6 Å². The van der Waals surface area contributed by atoms with Crippen LogP contribution in [0.4, 0.5) is 11.4 Å². The summed E-state index contributed by atoms with van der Waals surface area (Å²) in [6, 6.07) is 32.8. The van der Waals surface area contributed by atoms with E-state index < -0.39 is 49.2 Å². The Balaban J connectivity index is 1.41. The van der Waals surface area contributed by atoms with Crippen LogP contribution in [0.1, 0.15) is 109 Å². The Morgan fingerprint density at radius 1 is 0.672 bits per heavy atom. The summed E-state index contributed by atoms with van der Waals surface area (Å²) in [7, 11) is -3.51. The maximum Gasteiger partial charge on any atom is 0.354 e. The maximum atomic E-state index is 14.6. The van der Waals surface area contributed by atoms with E-state index in [0.717, 1.165) is 40.6 Å². The lowest BCUT2D eigenvalue weighted by molar-refractivity contribution is -0.138. The summed E-state index contributed by atoms with van der Waals surface area (Å²) in [5.74, 6) is -2.82. The SMILES string of the molecule is CCCCCCCCCCCCS(=O)(=O)CCC(=O)N(Cc1ccccc1)c1cccc(NC(=O)C(Cl)(C(=O)C(C)(C)C)n2c(=O)n(Cc3ccccc3)n(-c3ccccc3)c2=O)c1. The van der Waals surface area contributed by atoms with Crippen LogP contribution in [-0.4, -0.2) is 51.5 Å². The highest BCUT2D eigenvalue weighted by Crippen LogP contribution is 2.33. The Bertz CT molecular complexity index is 2550. The normalized spacial score (nSPS) is 12.7. The lowest BCUT2D eigenvalue weighted by atomic mass is 9.85. The van der Waals surface area contributed by atoms with Gasteiger partial charge in [0.15, 0.2) is 15.6 Å². The van der Waals surface area contributed by atoms with Crippen LogP contribution in [0.2, 0.25) is 0 Å². The van der Waals surface area contributed by atoms with Crippen LogP contribution in [0, 0.1) is 5.41 Å². The number of aromatic nitrogens is 3. The molecule has 1 atom stereocenters. The van der Waals surface area contributed by atoms with Crippen LogP contribution in [0.3, 0.4) is 0 Å². The third-order valence-electron chi connectivity index (χ3n) is 11.1. The van der Waals surface area contributed by atoms with E-state index in [4.69, 9.17) is 11.6 Å². The van der Waals surface area contributed by atoms with Crippen molar-refractivity contribution in [3.05, 3.63) is 147 Å². The first-order valence-electron chi connectivity index (χ1n) is 22.3. The zero-order chi connectivity index (χ0) is 46.3. The molecule has 14 heteroatoms. The number of hydrogen-bond acceptors (Lipinski definition) is 7. The molecular formula is C50H62ClN5O7S. The van der Waals surface area contributed by atoms with Gasteiger partial charge in [0.2, 0.25) is 5.91 Å². The van der Waals surface area contributed by atoms with Gasteiger partial charge in [-0.15, -0.1) is 0 Å². The van der Waals surface area contributed by atoms with Crippen molar-refractivity contribution in [1.29, 1.82) is 0 Å². The van der Waals surface area contributed by atoms with Gasteiger partial charge in [-0.3, -0.25) is 14.4 Å². The number of nitrogens with one attached hydrogen (secondary N) is 1. The highest BCUT2D eigenvalue weighted by atomic mass is 35.5. The van der Waals surface area contributed by atoms with Crippen LogP contribution >= 0.6 is 11.6 Å². The molecule has 1 unspecified atom stereocenters. The van der Waals surface area contributed by atoms with Crippen molar-refractivity contribution in [1.82, 2.24) is 13.9 Å². The number of rotatable bonds is 24. The van der Waals surface area contributed by atoms with E-state index >= 15 is 0 Å². The number of nitrogens with zero attached hydrogens (tertiary/aromatic N) is 4. The van der Waals surface area contributed by atoms with Gasteiger partial charge < -0.3 is 10.2 Å². The molecule has 2 amide bonds. The van der Waals surface area contributed by atoms with Gasteiger partial charge >= 0.3 is 11.4 Å². The smallest absolute Gasteiger partial charge is 0.322 e. The Kier molecular flexibility index (Phi) is 17.7. The van der Waals surface area contributed by atoms with Gasteiger partial charge in [0.1, 0.15) is 0 Å². The molecule has 0 aliphatic heterocycles. The Morgan fingerprint density at radius 2 is 1.22 bits per heavy atom. The van der Waals surface area contributed by atoms with E-state index in [1.54, 1.807) is 66.7 Å². The van der Waals surface area contributed by atoms with E-state index in [-0.39, 0.29) is 36.7 Å². The first kappa shape index (κ1) is 49.5. The van der Waals surface area contributed by atoms with Crippen LogP contribution in [0.15, 0.2) is 125 Å². The largest absolute Gasteiger partial charge is 0.354 e. The summed E-state index contributed by atoms with van der Waals surface area (Å²) >= 11 is 7.17. The van der Waals surface area contributed by atoms with Gasteiger partial charge in [-0.2, -0.15) is 4.68 Å². The predicted octanol–water partition coefficient (Wildman–Crippen LogP) is 9.25. The number of para-hydroxylation sites is 1. The van der Waals surface area contributed by atoms with Gasteiger partial charge in [-0.05, 0) is 47.9 Å². The summed E-state index contributed by atoms with van der Waals surface area (Å²) in [5.41, 5.74) is -1.11. The van der Waals surface area contributed by atoms with Crippen molar-refractivity contribution in [3.63, 3.8) is 0 Å². The molecule has 0 radical (unpaired) electrons. The first-order chi connectivity index (χ1) is 30.6. The number of benzene rings is 4. The summed E-state index contributed by atoms with van der Waals surface area (Å²) in [4.78, 5) is 70.6. The summed E-state index contributed by atoms with van der Waals surface area (Å²) in [6.07, 6.45) is 10.6. The third-order valence-corrected chi connectivity index (χ3v) is 13.4. The average molecular weight is 913 g/mol. The number of unbranched alkanes of at least 4 members (excludes halogenated alkanes) is 9. The molecule has 0 aliphatic rings. The van der Waals surface area contributed by atoms with E-state index in [9.17, 15) is 32.4 Å². The molecule has 0 fully saturated rings. The summed E-state index contributed by atoms with van der Waals surface area (Å²) in [6.45, 7) is 6.82. The second kappa shape index (κ2) is 22.9. The number of halogens is 1. The summed E-state index contributed by atoms with van der Waals surface area (Å²) in [5, 5.41) is 2.67. The molecule has 0 saturated heterocycles. The topological polar surface area (TPSA) is 150 Å². The van der Waals surface area contributed by atoms with Crippen molar-refractivity contribution >= 4 is 50.4 Å². The molecule has 5 aromatic rings. The van der Waals surface area contributed by atoms with Gasteiger partial charge in [-0.25, -0.2) is 27.3 Å². The third kappa shape index (κ3) is 13.0. The molecular weight excluding hydrogens is 850 g/mol. The second-order valence-electron chi connectivity index (χ2n) is 17.3. The molecule has 342 valence electrons. The van der Waals surface area contributed by atoms with Crippen LogP contribution in [0.25, 0.3) is 5.69 Å². The molecule has 0 bridgehead atoms. The number of carbonyl (C=O) groups excluding carboxylic acids is 3. The number of sulfone groups is 1. The fourth-order valence-electron chi connectivity index (χ4n) is 7.61. The quantitative estimate of drug-likeness (QED) is 0.0369. The number of anilines is 2. The number of amides is 2. The molecule has 1 heterocycles. The molecule has 0 saturated carbocycles. The van der Waals surface area contributed by atoms with Crippen molar-refractivity contribution < 1.29 is 22.8 Å². The molecule has 0 spiro atoms. The van der Waals surface area contributed by atoms with E-state index in [0.29, 0.717) is 27.9 Å². The minimum Gasteiger partial charge on any atom is -0.322 e. The number of hydrogen-bond donors (Lipinski definition) is 1. The van der Waals surface area contributed by atoms with Gasteiger partial charge in [-0.1, -0.05) is 182 Å². The Labute approximate surface area is 382 Å². The molecule has 1 aromatic heterocycles. The highest BCUT2D eigenvalue weighted by Gasteiger charge is 2.53. The molecule has 12 nitrogen and oxygen atoms in total. The van der Waals surface area contributed by atoms with Crippen molar-refractivity contribution in [2.24, 2.45) is 5.41 Å². The van der Waals surface area contributed by atoms with Crippen LogP contribution in [-0.2, 0) is 42.3 Å². The molecule has 0 aliphatic carbocycles.